The van der Waals surface area contributed by atoms with Crippen LogP contribution in [0.4, 0.5) is 4.39 Å². The minimum Gasteiger partial charge on any atom is -0.307 e. The molecule has 0 aliphatic heterocycles. The van der Waals surface area contributed by atoms with Crippen molar-refractivity contribution in [1.82, 2.24) is 4.90 Å². The number of hydrogen-bond donors (Lipinski definition) is 0. The van der Waals surface area contributed by atoms with Crippen LogP contribution in [0.25, 0.3) is 0 Å². The SMILES string of the molecule is Cc1ccc(C(=O)C(C[C@H](C)N(C)C)(c2ccccc2)c2ccccc2)cc1F. The number of carbonyl (C=O) groups excluding carboxylic acids is 1. The van der Waals surface area contributed by atoms with Gasteiger partial charge in [-0.05, 0) is 57.1 Å². The summed E-state index contributed by atoms with van der Waals surface area (Å²) in [4.78, 5) is 16.2. The molecule has 0 spiro atoms. The van der Waals surface area contributed by atoms with Crippen LogP contribution in [-0.4, -0.2) is 30.8 Å². The summed E-state index contributed by atoms with van der Waals surface area (Å²) in [5.74, 6) is -0.436. The van der Waals surface area contributed by atoms with E-state index in [9.17, 15) is 9.18 Å². The van der Waals surface area contributed by atoms with Gasteiger partial charge in [0.15, 0.2) is 5.78 Å². The summed E-state index contributed by atoms with van der Waals surface area (Å²) in [6.45, 7) is 3.82. The van der Waals surface area contributed by atoms with E-state index in [1.165, 1.54) is 6.07 Å². The van der Waals surface area contributed by atoms with Gasteiger partial charge in [-0.3, -0.25) is 4.79 Å². The van der Waals surface area contributed by atoms with Crippen molar-refractivity contribution in [2.24, 2.45) is 0 Å². The van der Waals surface area contributed by atoms with Gasteiger partial charge in [0.25, 0.3) is 0 Å². The number of benzene rings is 3. The van der Waals surface area contributed by atoms with Crippen molar-refractivity contribution in [2.75, 3.05) is 14.1 Å². The Hall–Kier alpha value is -2.78. The molecule has 0 N–H and O–H groups in total. The fourth-order valence-electron chi connectivity index (χ4n) is 3.81. The van der Waals surface area contributed by atoms with Crippen molar-refractivity contribution >= 4 is 5.78 Å². The predicted molar refractivity (Wildman–Crippen MR) is 117 cm³/mol. The van der Waals surface area contributed by atoms with Crippen molar-refractivity contribution in [3.05, 3.63) is 107 Å². The third-order valence-electron chi connectivity index (χ3n) is 5.84. The van der Waals surface area contributed by atoms with Gasteiger partial charge in [0.05, 0.1) is 5.41 Å². The van der Waals surface area contributed by atoms with Crippen LogP contribution in [0.2, 0.25) is 0 Å². The van der Waals surface area contributed by atoms with Gasteiger partial charge >= 0.3 is 0 Å². The van der Waals surface area contributed by atoms with Crippen LogP contribution in [0.15, 0.2) is 78.9 Å². The highest BCUT2D eigenvalue weighted by atomic mass is 19.1. The van der Waals surface area contributed by atoms with E-state index < -0.39 is 5.41 Å². The van der Waals surface area contributed by atoms with Crippen LogP contribution in [0, 0.1) is 12.7 Å². The van der Waals surface area contributed by atoms with Gasteiger partial charge < -0.3 is 4.90 Å². The highest BCUT2D eigenvalue weighted by Crippen LogP contribution is 2.40. The quantitative estimate of drug-likeness (QED) is 0.487. The van der Waals surface area contributed by atoms with E-state index in [-0.39, 0.29) is 17.6 Å². The highest BCUT2D eigenvalue weighted by molar-refractivity contribution is 6.06. The molecule has 0 radical (unpaired) electrons. The molecule has 29 heavy (non-hydrogen) atoms. The zero-order valence-electron chi connectivity index (χ0n) is 17.5. The summed E-state index contributed by atoms with van der Waals surface area (Å²) < 4.78 is 14.4. The molecule has 3 rings (SSSR count). The van der Waals surface area contributed by atoms with Crippen LogP contribution >= 0.6 is 0 Å². The summed E-state index contributed by atoms with van der Waals surface area (Å²) in [5.41, 5.74) is 1.87. The molecule has 0 aliphatic carbocycles. The summed E-state index contributed by atoms with van der Waals surface area (Å²) in [6.07, 6.45) is 0.586. The van der Waals surface area contributed by atoms with Gasteiger partial charge in [-0.15, -0.1) is 0 Å². The molecule has 3 heteroatoms. The monoisotopic (exact) mass is 389 g/mol. The lowest BCUT2D eigenvalue weighted by Gasteiger charge is -2.38. The second-order valence-corrected chi connectivity index (χ2v) is 7.95. The van der Waals surface area contributed by atoms with Crippen molar-refractivity contribution in [2.45, 2.75) is 31.7 Å². The minimum atomic E-state index is -0.909. The zero-order valence-corrected chi connectivity index (χ0v) is 17.5. The fraction of sp³-hybridized carbons (Fsp3) is 0.269. The Labute approximate surface area is 173 Å². The molecule has 150 valence electrons. The molecule has 0 unspecified atom stereocenters. The van der Waals surface area contributed by atoms with Crippen LogP contribution in [0.3, 0.4) is 0 Å². The first-order chi connectivity index (χ1) is 13.9. The normalized spacial score (nSPS) is 12.8. The van der Waals surface area contributed by atoms with Crippen molar-refractivity contribution in [1.29, 1.82) is 0 Å². The largest absolute Gasteiger partial charge is 0.307 e. The third kappa shape index (κ3) is 4.15. The first-order valence-corrected chi connectivity index (χ1v) is 9.94. The predicted octanol–water partition coefficient (Wildman–Crippen LogP) is 5.64. The van der Waals surface area contributed by atoms with E-state index in [0.29, 0.717) is 17.5 Å². The highest BCUT2D eigenvalue weighted by Gasteiger charge is 2.43. The Morgan fingerprint density at radius 3 is 1.90 bits per heavy atom. The molecule has 0 fully saturated rings. The molecule has 2 nitrogen and oxygen atoms in total. The lowest BCUT2D eigenvalue weighted by molar-refractivity contribution is 0.0882. The van der Waals surface area contributed by atoms with E-state index in [1.54, 1.807) is 19.1 Å². The first kappa shape index (κ1) is 20.9. The van der Waals surface area contributed by atoms with Gasteiger partial charge in [-0.2, -0.15) is 0 Å². The van der Waals surface area contributed by atoms with Crippen LogP contribution in [0.1, 0.15) is 40.4 Å². The third-order valence-corrected chi connectivity index (χ3v) is 5.84. The summed E-state index contributed by atoms with van der Waals surface area (Å²) >= 11 is 0. The van der Waals surface area contributed by atoms with Gasteiger partial charge in [-0.1, -0.05) is 72.8 Å². The molecule has 0 saturated carbocycles. The van der Waals surface area contributed by atoms with E-state index in [4.69, 9.17) is 0 Å². The molecule has 3 aromatic rings. The molecule has 0 aliphatic rings. The molecule has 0 aromatic heterocycles. The lowest BCUT2D eigenvalue weighted by Crippen LogP contribution is -2.43. The number of halogens is 1. The zero-order chi connectivity index (χ0) is 21.0. The maximum Gasteiger partial charge on any atom is 0.177 e. The molecular formula is C26H28FNO. The number of Topliss-reactive ketones (excluding diaryl/α,β-unsaturated/α-hetero) is 1. The number of nitrogens with zero attached hydrogens (tertiary/aromatic N) is 1. The summed E-state index contributed by atoms with van der Waals surface area (Å²) in [7, 11) is 4.03. The number of hydrogen-bond acceptors (Lipinski definition) is 2. The number of ketones is 1. The molecule has 0 bridgehead atoms. The van der Waals surface area contributed by atoms with Gasteiger partial charge in [0.2, 0.25) is 0 Å². The second-order valence-electron chi connectivity index (χ2n) is 7.95. The molecule has 0 saturated heterocycles. The topological polar surface area (TPSA) is 20.3 Å². The van der Waals surface area contributed by atoms with Crippen molar-refractivity contribution < 1.29 is 9.18 Å². The number of aryl methyl sites for hydroxylation is 1. The summed E-state index contributed by atoms with van der Waals surface area (Å²) in [5, 5.41) is 0. The second kappa shape index (κ2) is 8.71. The molecular weight excluding hydrogens is 361 g/mol. The maximum atomic E-state index is 14.4. The Morgan fingerprint density at radius 1 is 0.931 bits per heavy atom. The Bertz CT molecular complexity index is 927. The van der Waals surface area contributed by atoms with Crippen molar-refractivity contribution in [3.8, 4) is 0 Å². The lowest BCUT2D eigenvalue weighted by atomic mass is 9.66. The molecule has 3 aromatic carbocycles. The standard InChI is InChI=1S/C26H28FNO/c1-19-15-16-21(17-24(19)27)25(29)26(18-20(2)28(3)4,22-11-7-5-8-12-22)23-13-9-6-10-14-23/h5-17,20H,18H2,1-4H3/t20-/m0/s1. The van der Waals surface area contributed by atoms with Crippen LogP contribution in [-0.2, 0) is 5.41 Å². The molecule has 0 amide bonds. The summed E-state index contributed by atoms with van der Waals surface area (Å²) in [6, 6.07) is 24.6. The minimum absolute atomic E-state index is 0.0810. The van der Waals surface area contributed by atoms with Gasteiger partial charge in [0.1, 0.15) is 5.82 Å². The smallest absolute Gasteiger partial charge is 0.177 e. The Morgan fingerprint density at radius 2 is 1.45 bits per heavy atom. The van der Waals surface area contributed by atoms with Gasteiger partial charge in [-0.25, -0.2) is 4.39 Å². The fourth-order valence-corrected chi connectivity index (χ4v) is 3.81. The Kier molecular flexibility index (Phi) is 6.29. The van der Waals surface area contributed by atoms with Crippen molar-refractivity contribution in [3.63, 3.8) is 0 Å². The van der Waals surface area contributed by atoms with Crippen LogP contribution < -0.4 is 0 Å². The number of carbonyl (C=O) groups is 1. The average Bonchev–Trinajstić information content (AvgIpc) is 2.74. The number of rotatable bonds is 7. The van der Waals surface area contributed by atoms with E-state index in [1.807, 2.05) is 74.8 Å². The maximum absolute atomic E-state index is 14.4. The average molecular weight is 390 g/mol. The van der Waals surface area contributed by atoms with Crippen LogP contribution in [0.5, 0.6) is 0 Å². The van der Waals surface area contributed by atoms with E-state index >= 15 is 0 Å². The van der Waals surface area contributed by atoms with Gasteiger partial charge in [0, 0.05) is 11.6 Å². The van der Waals surface area contributed by atoms with E-state index in [2.05, 4.69) is 11.8 Å². The first-order valence-electron chi connectivity index (χ1n) is 9.94. The molecule has 0 heterocycles. The van der Waals surface area contributed by atoms with E-state index in [0.717, 1.165) is 11.1 Å². The molecule has 1 atom stereocenters. The Balaban J connectivity index is 2.28.